The number of aliphatic hydroxyl groups is 1. The lowest BCUT2D eigenvalue weighted by atomic mass is 10.2. The lowest BCUT2D eigenvalue weighted by molar-refractivity contribution is -0.0846. The molecule has 1 atom stereocenters. The minimum Gasteiger partial charge on any atom is -0.392 e. The van der Waals surface area contributed by atoms with E-state index in [0.717, 1.165) is 0 Å². The molecule has 0 amide bonds. The minimum absolute atomic E-state index is 0.135. The van der Waals surface area contributed by atoms with Gasteiger partial charge in [-0.2, -0.15) is 0 Å². The van der Waals surface area contributed by atoms with E-state index in [0.29, 0.717) is 25.4 Å². The third kappa shape index (κ3) is 3.99. The first-order valence-electron chi connectivity index (χ1n) is 6.00. The van der Waals surface area contributed by atoms with Gasteiger partial charge in [-0.05, 0) is 17.7 Å². The monoisotopic (exact) mass is 287 g/mol. The molecule has 1 fully saturated rings. The Kier molecular flexibility index (Phi) is 4.89. The molecular weight excluding hydrogens is 270 g/mol. The van der Waals surface area contributed by atoms with Crippen molar-refractivity contribution in [3.05, 3.63) is 29.8 Å². The van der Waals surface area contributed by atoms with Gasteiger partial charge in [-0.3, -0.25) is 0 Å². The average molecular weight is 287 g/mol. The van der Waals surface area contributed by atoms with E-state index in [1.54, 1.807) is 12.1 Å². The Bertz CT molecular complexity index is 511. The number of aliphatic hydroxyl groups excluding tert-OH is 1. The van der Waals surface area contributed by atoms with Crippen LogP contribution in [0, 0.1) is 0 Å². The van der Waals surface area contributed by atoms with E-state index in [1.807, 2.05) is 0 Å². The number of benzene rings is 1. The van der Waals surface area contributed by atoms with Crippen LogP contribution < -0.4 is 4.72 Å². The first-order valence-corrected chi connectivity index (χ1v) is 7.49. The molecule has 1 unspecified atom stereocenters. The lowest BCUT2D eigenvalue weighted by Gasteiger charge is -2.23. The standard InChI is InChI=1S/C12H17NO5S/c14-8-10-2-1-3-12(6-10)19(15,16)13-7-11-9-17-4-5-18-11/h1-3,6,11,13-14H,4-5,7-9H2. The Labute approximate surface area is 112 Å². The molecule has 7 heteroatoms. The second kappa shape index (κ2) is 6.44. The summed E-state index contributed by atoms with van der Waals surface area (Å²) in [7, 11) is -3.59. The van der Waals surface area contributed by atoms with Crippen LogP contribution in [0.5, 0.6) is 0 Å². The van der Waals surface area contributed by atoms with Crippen LogP contribution in [-0.4, -0.2) is 46.0 Å². The van der Waals surface area contributed by atoms with E-state index in [2.05, 4.69) is 4.72 Å². The third-order valence-electron chi connectivity index (χ3n) is 2.78. The van der Waals surface area contributed by atoms with Gasteiger partial charge in [0.1, 0.15) is 0 Å². The summed E-state index contributed by atoms with van der Waals surface area (Å²) in [6, 6.07) is 6.19. The van der Waals surface area contributed by atoms with Crippen molar-refractivity contribution in [2.75, 3.05) is 26.4 Å². The van der Waals surface area contributed by atoms with Crippen LogP contribution in [0.3, 0.4) is 0 Å². The van der Waals surface area contributed by atoms with Crippen LogP contribution >= 0.6 is 0 Å². The highest BCUT2D eigenvalue weighted by molar-refractivity contribution is 7.89. The van der Waals surface area contributed by atoms with E-state index >= 15 is 0 Å². The summed E-state index contributed by atoms with van der Waals surface area (Å²) in [5.74, 6) is 0. The molecule has 6 nitrogen and oxygen atoms in total. The van der Waals surface area contributed by atoms with Crippen molar-refractivity contribution in [2.45, 2.75) is 17.6 Å². The molecule has 1 saturated heterocycles. The summed E-state index contributed by atoms with van der Waals surface area (Å²) >= 11 is 0. The van der Waals surface area contributed by atoms with Gasteiger partial charge in [0.15, 0.2) is 0 Å². The molecular formula is C12H17NO5S. The zero-order valence-electron chi connectivity index (χ0n) is 10.4. The quantitative estimate of drug-likeness (QED) is 0.788. The highest BCUT2D eigenvalue weighted by Gasteiger charge is 2.19. The molecule has 0 bridgehead atoms. The fraction of sp³-hybridized carbons (Fsp3) is 0.500. The van der Waals surface area contributed by atoms with Crippen LogP contribution in [0.25, 0.3) is 0 Å². The second-order valence-electron chi connectivity index (χ2n) is 4.23. The molecule has 0 radical (unpaired) electrons. The summed E-state index contributed by atoms with van der Waals surface area (Å²) in [5.41, 5.74) is 0.556. The maximum atomic E-state index is 12.1. The predicted molar refractivity (Wildman–Crippen MR) is 68.1 cm³/mol. The van der Waals surface area contributed by atoms with E-state index < -0.39 is 10.0 Å². The number of nitrogens with one attached hydrogen (secondary N) is 1. The van der Waals surface area contributed by atoms with Gasteiger partial charge in [0.25, 0.3) is 0 Å². The van der Waals surface area contributed by atoms with Crippen molar-refractivity contribution >= 4 is 10.0 Å². The summed E-state index contributed by atoms with van der Waals surface area (Å²) in [5, 5.41) is 9.01. The number of rotatable bonds is 5. The fourth-order valence-corrected chi connectivity index (χ4v) is 2.89. The molecule has 0 saturated carbocycles. The zero-order chi connectivity index (χ0) is 13.7. The Morgan fingerprint density at radius 2 is 2.21 bits per heavy atom. The van der Waals surface area contributed by atoms with Crippen LogP contribution in [0.2, 0.25) is 0 Å². The number of hydrogen-bond donors (Lipinski definition) is 2. The first-order chi connectivity index (χ1) is 9.12. The number of sulfonamides is 1. The normalized spacial score (nSPS) is 20.4. The van der Waals surface area contributed by atoms with Gasteiger partial charge < -0.3 is 14.6 Å². The molecule has 2 N–H and O–H groups in total. The van der Waals surface area contributed by atoms with Crippen molar-refractivity contribution < 1.29 is 23.0 Å². The van der Waals surface area contributed by atoms with Crippen molar-refractivity contribution in [3.63, 3.8) is 0 Å². The Morgan fingerprint density at radius 3 is 2.89 bits per heavy atom. The fourth-order valence-electron chi connectivity index (χ4n) is 1.75. The highest BCUT2D eigenvalue weighted by atomic mass is 32.2. The number of hydrogen-bond acceptors (Lipinski definition) is 5. The molecule has 1 aliphatic heterocycles. The van der Waals surface area contributed by atoms with Gasteiger partial charge in [-0.1, -0.05) is 12.1 Å². The average Bonchev–Trinajstić information content (AvgIpc) is 2.46. The van der Waals surface area contributed by atoms with Crippen molar-refractivity contribution in [2.24, 2.45) is 0 Å². The van der Waals surface area contributed by atoms with Gasteiger partial charge in [0, 0.05) is 6.54 Å². The van der Waals surface area contributed by atoms with Gasteiger partial charge in [0.05, 0.1) is 37.4 Å². The highest BCUT2D eigenvalue weighted by Crippen LogP contribution is 2.12. The molecule has 19 heavy (non-hydrogen) atoms. The molecule has 106 valence electrons. The third-order valence-corrected chi connectivity index (χ3v) is 4.20. The minimum atomic E-state index is -3.59. The van der Waals surface area contributed by atoms with Gasteiger partial charge in [0.2, 0.25) is 10.0 Å². The molecule has 1 aliphatic rings. The predicted octanol–water partition coefficient (Wildman–Crippen LogP) is -0.127. The molecule has 1 aromatic rings. The van der Waals surface area contributed by atoms with Crippen LogP contribution in [0.4, 0.5) is 0 Å². The summed E-state index contributed by atoms with van der Waals surface area (Å²) < 4.78 is 37.1. The first kappa shape index (κ1) is 14.4. The molecule has 2 rings (SSSR count). The van der Waals surface area contributed by atoms with E-state index in [9.17, 15) is 8.42 Å². The Hall–Kier alpha value is -0.990. The van der Waals surface area contributed by atoms with Crippen molar-refractivity contribution in [3.8, 4) is 0 Å². The second-order valence-corrected chi connectivity index (χ2v) is 5.99. The maximum absolute atomic E-state index is 12.1. The maximum Gasteiger partial charge on any atom is 0.240 e. The molecule has 0 aliphatic carbocycles. The topological polar surface area (TPSA) is 84.9 Å². The van der Waals surface area contributed by atoms with Crippen LogP contribution in [0.15, 0.2) is 29.2 Å². The summed E-state index contributed by atoms with van der Waals surface area (Å²) in [4.78, 5) is 0.135. The number of ether oxygens (including phenoxy) is 2. The molecule has 1 aromatic carbocycles. The molecule has 0 aromatic heterocycles. The van der Waals surface area contributed by atoms with Crippen molar-refractivity contribution in [1.82, 2.24) is 4.72 Å². The summed E-state index contributed by atoms with van der Waals surface area (Å²) in [6.45, 7) is 1.39. The molecule has 0 spiro atoms. The summed E-state index contributed by atoms with van der Waals surface area (Å²) in [6.07, 6.45) is -0.260. The van der Waals surface area contributed by atoms with Crippen LogP contribution in [0.1, 0.15) is 5.56 Å². The van der Waals surface area contributed by atoms with Gasteiger partial charge in [-0.25, -0.2) is 13.1 Å². The van der Waals surface area contributed by atoms with Gasteiger partial charge in [-0.15, -0.1) is 0 Å². The van der Waals surface area contributed by atoms with Gasteiger partial charge >= 0.3 is 0 Å². The molecule has 1 heterocycles. The Morgan fingerprint density at radius 1 is 1.37 bits per heavy atom. The van der Waals surface area contributed by atoms with E-state index in [4.69, 9.17) is 14.6 Å². The lowest BCUT2D eigenvalue weighted by Crippen LogP contribution is -2.39. The Balaban J connectivity index is 2.00. The zero-order valence-corrected chi connectivity index (χ0v) is 11.2. The van der Waals surface area contributed by atoms with E-state index in [1.165, 1.54) is 12.1 Å². The van der Waals surface area contributed by atoms with E-state index in [-0.39, 0.29) is 24.2 Å². The van der Waals surface area contributed by atoms with Crippen LogP contribution in [-0.2, 0) is 26.1 Å². The van der Waals surface area contributed by atoms with Crippen molar-refractivity contribution in [1.29, 1.82) is 0 Å². The smallest absolute Gasteiger partial charge is 0.240 e. The SMILES string of the molecule is O=S(=O)(NCC1COCCO1)c1cccc(CO)c1. The largest absolute Gasteiger partial charge is 0.392 e.